The number of hydrogen-bond donors (Lipinski definition) is 1. The Hall–Kier alpha value is -3.29. The van der Waals surface area contributed by atoms with Gasteiger partial charge in [-0.15, -0.1) is 0 Å². The molecule has 0 amide bonds. The topological polar surface area (TPSA) is 108 Å². The number of hydrogen-bond acceptors (Lipinski definition) is 7. The molecule has 1 N–H and O–H groups in total. The fourth-order valence-corrected chi connectivity index (χ4v) is 5.47. The predicted octanol–water partition coefficient (Wildman–Crippen LogP) is 12.7. The van der Waals surface area contributed by atoms with Crippen LogP contribution >= 0.6 is 7.82 Å². The molecule has 2 unspecified atom stereocenters. The summed E-state index contributed by atoms with van der Waals surface area (Å²) in [5.41, 5.74) is 0. The van der Waals surface area contributed by atoms with Crippen LogP contribution in [0.4, 0.5) is 0 Å². The average molecular weight is 771 g/mol. The summed E-state index contributed by atoms with van der Waals surface area (Å²) < 4.78 is 32.5. The molecular weight excluding hydrogens is 699 g/mol. The summed E-state index contributed by atoms with van der Waals surface area (Å²) in [6.07, 6.45) is 52.9. The van der Waals surface area contributed by atoms with Crippen molar-refractivity contribution in [3.63, 3.8) is 0 Å². The number of unbranched alkanes of at least 4 members (excludes halogenated alkanes) is 5. The number of carbonyl (C=O) groups excluding carboxylic acids is 2. The van der Waals surface area contributed by atoms with Crippen LogP contribution < -0.4 is 0 Å². The second-order valence-electron chi connectivity index (χ2n) is 12.5. The Bertz CT molecular complexity index is 1240. The van der Waals surface area contributed by atoms with Crippen molar-refractivity contribution >= 4 is 19.8 Å². The lowest BCUT2D eigenvalue weighted by Crippen LogP contribution is -2.29. The Morgan fingerprint density at radius 2 is 0.907 bits per heavy atom. The van der Waals surface area contributed by atoms with Crippen molar-refractivity contribution in [2.75, 3.05) is 19.8 Å². The molecule has 304 valence electrons. The third-order valence-corrected chi connectivity index (χ3v) is 8.63. The molecule has 0 aromatic rings. The number of rotatable bonds is 35. The molecule has 0 aromatic carbocycles. The second-order valence-corrected chi connectivity index (χ2v) is 14.0. The van der Waals surface area contributed by atoms with Crippen LogP contribution in [-0.2, 0) is 32.7 Å². The van der Waals surface area contributed by atoms with E-state index in [1.54, 1.807) is 6.92 Å². The van der Waals surface area contributed by atoms with E-state index in [2.05, 4.69) is 117 Å². The summed E-state index contributed by atoms with van der Waals surface area (Å²) in [7, 11) is -4.31. The first-order valence-corrected chi connectivity index (χ1v) is 21.7. The molecule has 0 aliphatic carbocycles. The van der Waals surface area contributed by atoms with E-state index in [1.165, 1.54) is 0 Å². The summed E-state index contributed by atoms with van der Waals surface area (Å²) in [5.74, 6) is -0.908. The monoisotopic (exact) mass is 770 g/mol. The van der Waals surface area contributed by atoms with Crippen LogP contribution in [0, 0.1) is 0 Å². The standard InChI is InChI=1S/C45H71O8P/c1-4-7-9-11-13-15-17-19-21-23-25-27-29-31-33-35-37-39-44(46)50-41-43(42-52-54(48,49)51-6-3)53-45(47)40-38-36-34-32-30-28-26-24-22-20-18-16-14-12-10-8-5-2/h7-10,13-16,19-22,25-28,32,34,43H,4-6,11-12,17-18,23-24,29-31,33,35-42H2,1-3H3,(H,48,49)/b9-7-,10-8-,15-13-,16-14-,21-19-,22-20-,27-25-,28-26-,34-32-. The molecule has 54 heavy (non-hydrogen) atoms. The quantitative estimate of drug-likeness (QED) is 0.0294. The first-order chi connectivity index (χ1) is 26.3. The van der Waals surface area contributed by atoms with Gasteiger partial charge in [-0.25, -0.2) is 4.57 Å². The summed E-state index contributed by atoms with van der Waals surface area (Å²) in [5, 5.41) is 0. The Morgan fingerprint density at radius 3 is 1.37 bits per heavy atom. The number of esters is 2. The minimum absolute atomic E-state index is 0.0214. The van der Waals surface area contributed by atoms with Crippen LogP contribution in [0.1, 0.15) is 136 Å². The number of phosphoric acid groups is 1. The minimum Gasteiger partial charge on any atom is -0.462 e. The molecule has 0 aliphatic heterocycles. The van der Waals surface area contributed by atoms with Crippen LogP contribution in [0.15, 0.2) is 109 Å². The number of allylic oxidation sites excluding steroid dienone is 18. The van der Waals surface area contributed by atoms with Gasteiger partial charge in [0.2, 0.25) is 0 Å². The Balaban J connectivity index is 4.30. The third-order valence-electron chi connectivity index (χ3n) is 7.57. The van der Waals surface area contributed by atoms with E-state index >= 15 is 0 Å². The van der Waals surface area contributed by atoms with Gasteiger partial charge in [-0.1, -0.05) is 136 Å². The molecule has 0 aromatic heterocycles. The summed E-state index contributed by atoms with van der Waals surface area (Å²) >= 11 is 0. The van der Waals surface area contributed by atoms with E-state index in [-0.39, 0.29) is 26.1 Å². The molecule has 0 bridgehead atoms. The van der Waals surface area contributed by atoms with Gasteiger partial charge >= 0.3 is 19.8 Å². The zero-order valence-electron chi connectivity index (χ0n) is 33.6. The zero-order valence-corrected chi connectivity index (χ0v) is 34.5. The molecule has 0 heterocycles. The van der Waals surface area contributed by atoms with E-state index in [4.69, 9.17) is 18.5 Å². The first-order valence-electron chi connectivity index (χ1n) is 20.2. The SMILES string of the molecule is CC/C=C\C/C=C\C/C=C\C/C=C\C/C=C\CCCC(=O)OC(COC(=O)CCCCCC/C=C\C/C=C\C/C=C\C/C=C\CC)COP(=O)(O)OCC. The van der Waals surface area contributed by atoms with E-state index in [9.17, 15) is 19.0 Å². The Morgan fingerprint density at radius 1 is 0.500 bits per heavy atom. The molecule has 0 fully saturated rings. The highest BCUT2D eigenvalue weighted by atomic mass is 31.2. The van der Waals surface area contributed by atoms with Crippen LogP contribution in [0.2, 0.25) is 0 Å². The molecule has 0 spiro atoms. The van der Waals surface area contributed by atoms with Gasteiger partial charge in [-0.05, 0) is 96.8 Å². The summed E-state index contributed by atoms with van der Waals surface area (Å²) in [6.45, 7) is 5.11. The summed E-state index contributed by atoms with van der Waals surface area (Å²) in [4.78, 5) is 34.7. The highest BCUT2D eigenvalue weighted by molar-refractivity contribution is 7.47. The third kappa shape index (κ3) is 38.4. The number of ether oxygens (including phenoxy) is 2. The van der Waals surface area contributed by atoms with Crippen molar-refractivity contribution in [2.24, 2.45) is 0 Å². The molecular formula is C45H71O8P. The normalized spacial score (nSPS) is 14.5. The van der Waals surface area contributed by atoms with E-state index in [0.717, 1.165) is 83.5 Å². The largest absolute Gasteiger partial charge is 0.472 e. The highest BCUT2D eigenvalue weighted by Crippen LogP contribution is 2.43. The van der Waals surface area contributed by atoms with Gasteiger partial charge in [0, 0.05) is 12.8 Å². The van der Waals surface area contributed by atoms with Gasteiger partial charge in [-0.2, -0.15) is 0 Å². The molecule has 2 atom stereocenters. The maximum Gasteiger partial charge on any atom is 0.472 e. The van der Waals surface area contributed by atoms with Gasteiger partial charge in [0.25, 0.3) is 0 Å². The minimum atomic E-state index is -4.31. The van der Waals surface area contributed by atoms with Gasteiger partial charge in [0.1, 0.15) is 6.61 Å². The molecule has 0 saturated carbocycles. The molecule has 0 saturated heterocycles. The lowest BCUT2D eigenvalue weighted by Gasteiger charge is -2.19. The fraction of sp³-hybridized carbons (Fsp3) is 0.556. The van der Waals surface area contributed by atoms with Crippen molar-refractivity contribution in [3.05, 3.63) is 109 Å². The van der Waals surface area contributed by atoms with Crippen molar-refractivity contribution in [3.8, 4) is 0 Å². The Labute approximate surface area is 328 Å². The van der Waals surface area contributed by atoms with E-state index in [1.807, 2.05) is 6.08 Å². The maximum absolute atomic E-state index is 12.5. The van der Waals surface area contributed by atoms with Crippen LogP contribution in [0.5, 0.6) is 0 Å². The van der Waals surface area contributed by atoms with E-state index < -0.39 is 32.5 Å². The molecule has 0 aliphatic rings. The van der Waals surface area contributed by atoms with Gasteiger partial charge in [0.15, 0.2) is 6.10 Å². The molecule has 8 nitrogen and oxygen atoms in total. The Kier molecular flexibility index (Phi) is 37.0. The van der Waals surface area contributed by atoms with Crippen LogP contribution in [-0.4, -0.2) is 42.8 Å². The first kappa shape index (κ1) is 50.7. The van der Waals surface area contributed by atoms with Gasteiger partial charge in [0.05, 0.1) is 13.2 Å². The van der Waals surface area contributed by atoms with Crippen molar-refractivity contribution in [1.29, 1.82) is 0 Å². The lowest BCUT2D eigenvalue weighted by atomic mass is 10.1. The second kappa shape index (κ2) is 39.4. The summed E-state index contributed by atoms with van der Waals surface area (Å²) in [6, 6.07) is 0. The predicted molar refractivity (Wildman–Crippen MR) is 225 cm³/mol. The van der Waals surface area contributed by atoms with E-state index in [0.29, 0.717) is 19.3 Å². The lowest BCUT2D eigenvalue weighted by molar-refractivity contribution is -0.161. The average Bonchev–Trinajstić information content (AvgIpc) is 3.15. The molecule has 9 heteroatoms. The van der Waals surface area contributed by atoms with Crippen LogP contribution in [0.25, 0.3) is 0 Å². The number of carbonyl (C=O) groups is 2. The maximum atomic E-state index is 12.5. The molecule has 0 rings (SSSR count). The highest BCUT2D eigenvalue weighted by Gasteiger charge is 2.25. The van der Waals surface area contributed by atoms with Gasteiger partial charge in [-0.3, -0.25) is 18.6 Å². The van der Waals surface area contributed by atoms with Crippen molar-refractivity contribution in [2.45, 2.75) is 142 Å². The van der Waals surface area contributed by atoms with Crippen molar-refractivity contribution in [1.82, 2.24) is 0 Å². The smallest absolute Gasteiger partial charge is 0.462 e. The van der Waals surface area contributed by atoms with Crippen LogP contribution in [0.3, 0.4) is 0 Å². The van der Waals surface area contributed by atoms with Gasteiger partial charge < -0.3 is 14.4 Å². The van der Waals surface area contributed by atoms with Crippen molar-refractivity contribution < 1.29 is 37.6 Å². The fourth-order valence-electron chi connectivity index (χ4n) is 4.71. The number of phosphoric ester groups is 1. The molecule has 0 radical (unpaired) electrons. The zero-order chi connectivity index (χ0) is 39.6.